The average molecular weight is 614 g/mol. The smallest absolute Gasteiger partial charge is 0.346 e. The third kappa shape index (κ3) is 5.72. The summed E-state index contributed by atoms with van der Waals surface area (Å²) in [6.07, 6.45) is 3.31. The van der Waals surface area contributed by atoms with Crippen LogP contribution in [0.25, 0.3) is 4.41 Å². The second kappa shape index (κ2) is 13.2. The van der Waals surface area contributed by atoms with Crippen LogP contribution in [0, 0.1) is 13.1 Å². The molecule has 1 aliphatic heterocycles. The van der Waals surface area contributed by atoms with Crippen molar-refractivity contribution in [2.75, 3.05) is 6.61 Å². The van der Waals surface area contributed by atoms with E-state index in [2.05, 4.69) is 128 Å². The van der Waals surface area contributed by atoms with E-state index in [1.54, 1.807) is 11.8 Å². The van der Waals surface area contributed by atoms with Crippen molar-refractivity contribution in [1.82, 2.24) is 4.90 Å². The van der Waals surface area contributed by atoms with Gasteiger partial charge >= 0.3 is 230 Å². The Hall–Kier alpha value is -2.94. The van der Waals surface area contributed by atoms with E-state index in [0.29, 0.717) is 6.61 Å². The number of amides is 1. The fourth-order valence-electron chi connectivity index (χ4n) is 4.89. The summed E-state index contributed by atoms with van der Waals surface area (Å²) < 4.78 is 10.4. The molecule has 1 amide bonds. The number of carbonyl (C=O) groups is 1. The summed E-state index contributed by atoms with van der Waals surface area (Å²) in [6, 6.07) is 42.6. The van der Waals surface area contributed by atoms with Gasteiger partial charge in [-0.2, -0.15) is 6.92 Å². The first-order valence-corrected chi connectivity index (χ1v) is 16.8. The molecule has 0 radical (unpaired) electrons. The van der Waals surface area contributed by atoms with Crippen LogP contribution in [0.5, 0.6) is 0 Å². The van der Waals surface area contributed by atoms with Crippen LogP contribution >= 0.6 is 0 Å². The fraction of sp³-hybridized carbons (Fsp3) is 0.152. The third-order valence-electron chi connectivity index (χ3n) is 6.62. The standard InChI is InChI=1S/C31H28GeNO2.C2H5.Zn/c1-31(2)24-35-30(34)33(31)23-29(25-15-7-3-8-16-25)32(26-17-9-4-10-18-26,27-19-11-5-12-20-27)28-21-13-6-14-22-28;1-2;/h3-22H,24H2,1-2H3;1H2,2H3;/q2*-1;+2. The van der Waals surface area contributed by atoms with Gasteiger partial charge < -0.3 is 6.92 Å². The van der Waals surface area contributed by atoms with Crippen LogP contribution in [0.1, 0.15) is 26.3 Å². The Balaban J connectivity index is 0.00000130. The molecule has 1 saturated heterocycles. The number of benzene rings is 4. The van der Waals surface area contributed by atoms with E-state index in [1.165, 1.54) is 13.2 Å². The largest absolute Gasteiger partial charge is 2.00 e. The molecular formula is C33H33GeNO2Zn. The third-order valence-corrected chi connectivity index (χ3v) is 16.6. The first kappa shape index (κ1) is 29.6. The summed E-state index contributed by atoms with van der Waals surface area (Å²) in [7, 11) is 0. The molecule has 0 saturated carbocycles. The molecule has 0 aromatic heterocycles. The minimum absolute atomic E-state index is 0. The Bertz CT molecular complexity index is 1230. The Morgan fingerprint density at radius 2 is 1.11 bits per heavy atom. The van der Waals surface area contributed by atoms with Crippen molar-refractivity contribution in [2.24, 2.45) is 0 Å². The number of hydrogen-bond acceptors (Lipinski definition) is 2. The van der Waals surface area contributed by atoms with Gasteiger partial charge in [-0.15, -0.1) is 0 Å². The van der Waals surface area contributed by atoms with Gasteiger partial charge in [0.25, 0.3) is 0 Å². The van der Waals surface area contributed by atoms with E-state index in [9.17, 15) is 4.79 Å². The molecule has 0 aliphatic carbocycles. The van der Waals surface area contributed by atoms with E-state index >= 15 is 0 Å². The summed E-state index contributed by atoms with van der Waals surface area (Å²) >= 11 is -3.66. The van der Waals surface area contributed by atoms with Gasteiger partial charge in [0.05, 0.1) is 0 Å². The van der Waals surface area contributed by atoms with Gasteiger partial charge in [-0.3, -0.25) is 0 Å². The Morgan fingerprint density at radius 3 is 1.45 bits per heavy atom. The van der Waals surface area contributed by atoms with Crippen molar-refractivity contribution in [1.29, 1.82) is 0 Å². The van der Waals surface area contributed by atoms with Gasteiger partial charge in [-0.25, -0.2) is 0 Å². The van der Waals surface area contributed by atoms with Gasteiger partial charge in [0.2, 0.25) is 0 Å². The number of cyclic esters (lactones) is 1. The van der Waals surface area contributed by atoms with Crippen molar-refractivity contribution in [3.05, 3.63) is 140 Å². The average Bonchev–Trinajstić information content (AvgIpc) is 3.23. The van der Waals surface area contributed by atoms with Crippen LogP contribution in [-0.2, 0) is 24.2 Å². The molecule has 0 N–H and O–H groups in total. The van der Waals surface area contributed by atoms with Crippen LogP contribution in [0.4, 0.5) is 4.79 Å². The van der Waals surface area contributed by atoms with E-state index in [-0.39, 0.29) is 25.6 Å². The number of nitrogens with zero attached hydrogens (tertiary/aromatic N) is 1. The number of ether oxygens (including phenoxy) is 1. The van der Waals surface area contributed by atoms with E-state index in [0.717, 1.165) is 9.97 Å². The van der Waals surface area contributed by atoms with Crippen molar-refractivity contribution < 1.29 is 29.0 Å². The molecule has 1 heterocycles. The van der Waals surface area contributed by atoms with Crippen LogP contribution in [-0.4, -0.2) is 36.4 Å². The van der Waals surface area contributed by atoms with Gasteiger partial charge in [-0.1, -0.05) is 0 Å². The number of rotatable bonds is 6. The SMILES string of the molecule is CC1(C)COC(=O)N1[C-]=[C](c1ccccc1)[Ge]([c]1ccccc1)([c]1ccccc1)[c]1ccccc1.[CH2-]C.[Zn+2]. The van der Waals surface area contributed by atoms with Crippen LogP contribution in [0.2, 0.25) is 0 Å². The Morgan fingerprint density at radius 1 is 0.737 bits per heavy atom. The molecule has 4 aromatic rings. The summed E-state index contributed by atoms with van der Waals surface area (Å²) in [5.74, 6) is 0. The van der Waals surface area contributed by atoms with Crippen molar-refractivity contribution >= 4 is 37.0 Å². The molecule has 1 aliphatic rings. The van der Waals surface area contributed by atoms with E-state index in [4.69, 9.17) is 4.74 Å². The minimum Gasteiger partial charge on any atom is -0.346 e. The molecule has 5 rings (SSSR count). The first-order valence-electron chi connectivity index (χ1n) is 12.6. The molecule has 0 bridgehead atoms. The normalized spacial score (nSPS) is 14.6. The van der Waals surface area contributed by atoms with Gasteiger partial charge in [0, 0.05) is 0 Å². The zero-order valence-corrected chi connectivity index (χ0v) is 27.5. The summed E-state index contributed by atoms with van der Waals surface area (Å²) in [5.41, 5.74) is 0.578. The van der Waals surface area contributed by atoms with Gasteiger partial charge in [0.1, 0.15) is 0 Å². The minimum atomic E-state index is -3.66. The summed E-state index contributed by atoms with van der Waals surface area (Å²) in [4.78, 5) is 14.6. The monoisotopic (exact) mass is 613 g/mol. The van der Waals surface area contributed by atoms with Crippen LogP contribution in [0.3, 0.4) is 0 Å². The molecule has 4 aromatic carbocycles. The molecule has 1 fully saturated rings. The van der Waals surface area contributed by atoms with Crippen LogP contribution < -0.4 is 13.2 Å². The predicted octanol–water partition coefficient (Wildman–Crippen LogP) is 5.61. The topological polar surface area (TPSA) is 29.5 Å². The molecule has 38 heavy (non-hydrogen) atoms. The van der Waals surface area contributed by atoms with Gasteiger partial charge in [-0.05, 0) is 0 Å². The van der Waals surface area contributed by atoms with E-state index in [1.807, 2.05) is 19.9 Å². The van der Waals surface area contributed by atoms with E-state index < -0.39 is 18.8 Å². The quantitative estimate of drug-likeness (QED) is 0.209. The Kier molecular flexibility index (Phi) is 10.3. The molecule has 5 heteroatoms. The maximum atomic E-state index is 12.9. The molecule has 0 unspecified atom stereocenters. The maximum Gasteiger partial charge on any atom is 2.00 e. The van der Waals surface area contributed by atoms with Gasteiger partial charge in [0.15, 0.2) is 0 Å². The zero-order valence-electron chi connectivity index (χ0n) is 22.4. The second-order valence-electron chi connectivity index (χ2n) is 9.40. The van der Waals surface area contributed by atoms with Crippen molar-refractivity contribution in [3.63, 3.8) is 0 Å². The maximum absolute atomic E-state index is 12.9. The molecule has 188 valence electrons. The summed E-state index contributed by atoms with van der Waals surface area (Å²) in [6.45, 7) is 9.38. The molecular weight excluding hydrogens is 580 g/mol. The Labute approximate surface area is 242 Å². The number of carbonyl (C=O) groups excluding carboxylic acids is 1. The molecule has 3 nitrogen and oxygen atoms in total. The van der Waals surface area contributed by atoms with Crippen molar-refractivity contribution in [2.45, 2.75) is 26.3 Å². The zero-order chi connectivity index (χ0) is 26.3. The molecule has 0 atom stereocenters. The second-order valence-corrected chi connectivity index (χ2v) is 17.2. The predicted molar refractivity (Wildman–Crippen MR) is 155 cm³/mol. The van der Waals surface area contributed by atoms with Crippen LogP contribution in [0.15, 0.2) is 121 Å². The summed E-state index contributed by atoms with van der Waals surface area (Å²) in [5, 5.41) is 0. The molecule has 0 spiro atoms. The first-order chi connectivity index (χ1) is 18.0. The van der Waals surface area contributed by atoms with Crippen molar-refractivity contribution in [3.8, 4) is 0 Å². The number of hydrogen-bond donors (Lipinski definition) is 0. The fourth-order valence-corrected chi connectivity index (χ4v) is 15.0.